The Bertz CT molecular complexity index is 1410. The Balaban J connectivity index is 1.75. The Morgan fingerprint density at radius 2 is 1.97 bits per heavy atom. The van der Waals surface area contributed by atoms with Crippen molar-refractivity contribution >= 4 is 32.8 Å². The first-order valence-corrected chi connectivity index (χ1v) is 13.0. The van der Waals surface area contributed by atoms with Crippen LogP contribution >= 0.6 is 0 Å². The molecule has 190 valence electrons. The zero-order chi connectivity index (χ0) is 25.7. The molecule has 0 fully saturated rings. The molecular weight excluding hydrogens is 494 g/mol. The number of aromatic nitrogens is 2. The zero-order valence-corrected chi connectivity index (χ0v) is 20.4. The lowest BCUT2D eigenvalue weighted by Crippen LogP contribution is -2.31. The second-order valence-corrected chi connectivity index (χ2v) is 10.1. The molecule has 9 nitrogen and oxygen atoms in total. The number of fused-ring (bicyclic) bond motifs is 6. The third-order valence-electron chi connectivity index (χ3n) is 4.89. The summed E-state index contributed by atoms with van der Waals surface area (Å²) < 4.78 is 60.1. The number of hydrogen-bond acceptors (Lipinski definition) is 8. The number of anilines is 2. The van der Waals surface area contributed by atoms with Crippen LogP contribution in [0.25, 0.3) is 11.1 Å². The second-order valence-electron chi connectivity index (χ2n) is 7.83. The zero-order valence-electron chi connectivity index (χ0n) is 19.5. The highest BCUT2D eigenvalue weighted by Gasteiger charge is 2.16. The van der Waals surface area contributed by atoms with Gasteiger partial charge < -0.3 is 19.5 Å². The average Bonchev–Trinajstić information content (AvgIpc) is 2.79. The molecule has 0 aliphatic carbocycles. The standard InChI is InChI=1S/C24H24F2N4O5S/c1-3-33-24(31)30-36(2,32)14-15-9-22-28-21-12-18(19(26)13-27-21)17-6-5-16(25)11-20(17)34-7-4-8-35-23(10-15)29-22/h5-6,9-14H,3-4,7-8H2,1-2H3,(H,27,28,29)(H,30,31,32). The molecule has 1 aliphatic heterocycles. The maximum atomic E-state index is 14.7. The summed E-state index contributed by atoms with van der Waals surface area (Å²) in [6.07, 6.45) is 2.01. The van der Waals surface area contributed by atoms with E-state index >= 15 is 0 Å². The first-order chi connectivity index (χ1) is 17.2. The van der Waals surface area contributed by atoms with Gasteiger partial charge >= 0.3 is 6.09 Å². The van der Waals surface area contributed by atoms with Crippen LogP contribution in [0.15, 0.2) is 42.6 Å². The predicted molar refractivity (Wildman–Crippen MR) is 132 cm³/mol. The molecule has 0 radical (unpaired) electrons. The minimum absolute atomic E-state index is 0.137. The number of rotatable bonds is 3. The molecule has 12 heteroatoms. The third-order valence-corrected chi connectivity index (χ3v) is 6.18. The van der Waals surface area contributed by atoms with E-state index in [0.29, 0.717) is 17.5 Å². The Labute approximate surface area is 207 Å². The van der Waals surface area contributed by atoms with Crippen LogP contribution in [0.5, 0.6) is 11.6 Å². The maximum absolute atomic E-state index is 14.7. The van der Waals surface area contributed by atoms with E-state index in [0.717, 1.165) is 6.20 Å². The van der Waals surface area contributed by atoms with E-state index in [1.807, 2.05) is 0 Å². The Hall–Kier alpha value is -3.93. The fourth-order valence-electron chi connectivity index (χ4n) is 3.45. The monoisotopic (exact) mass is 518 g/mol. The minimum atomic E-state index is -2.96. The van der Waals surface area contributed by atoms with Crippen LogP contribution in [0.1, 0.15) is 18.9 Å². The Morgan fingerprint density at radius 1 is 1.17 bits per heavy atom. The molecule has 4 bridgehead atoms. The first-order valence-electron chi connectivity index (χ1n) is 11.0. The van der Waals surface area contributed by atoms with Gasteiger partial charge in [-0.2, -0.15) is 4.98 Å². The lowest BCUT2D eigenvalue weighted by Gasteiger charge is -2.16. The number of pyridine rings is 2. The number of nitrogens with zero attached hydrogens (tertiary/aromatic N) is 2. The molecular formula is C24H24F2N4O5S. The van der Waals surface area contributed by atoms with Gasteiger partial charge in [-0.15, -0.1) is 0 Å². The molecule has 1 amide bonds. The van der Waals surface area contributed by atoms with Crippen LogP contribution in [0, 0.1) is 11.6 Å². The van der Waals surface area contributed by atoms with Crippen molar-refractivity contribution in [3.05, 3.63) is 59.8 Å². The molecule has 0 spiro atoms. The summed E-state index contributed by atoms with van der Waals surface area (Å²) in [5.74, 6) is -0.184. The summed E-state index contributed by atoms with van der Waals surface area (Å²) in [5, 5.41) is 4.35. The Morgan fingerprint density at radius 3 is 2.78 bits per heavy atom. The predicted octanol–water partition coefficient (Wildman–Crippen LogP) is 4.05. The minimum Gasteiger partial charge on any atom is -0.493 e. The molecule has 1 aliphatic rings. The van der Waals surface area contributed by atoms with Crippen molar-refractivity contribution in [1.29, 1.82) is 0 Å². The number of nitrogens with one attached hydrogen (secondary N) is 2. The fourth-order valence-corrected chi connectivity index (χ4v) is 4.55. The molecule has 0 saturated heterocycles. The molecule has 2 aromatic heterocycles. The quantitative estimate of drug-likeness (QED) is 0.500. The van der Waals surface area contributed by atoms with E-state index in [2.05, 4.69) is 20.0 Å². The highest BCUT2D eigenvalue weighted by molar-refractivity contribution is 7.99. The van der Waals surface area contributed by atoms with E-state index in [1.165, 1.54) is 35.9 Å². The van der Waals surface area contributed by atoms with Crippen molar-refractivity contribution in [2.45, 2.75) is 13.3 Å². The average molecular weight is 519 g/mol. The lowest BCUT2D eigenvalue weighted by atomic mass is 10.0. The second kappa shape index (κ2) is 10.8. The van der Waals surface area contributed by atoms with Crippen molar-refractivity contribution in [2.24, 2.45) is 0 Å². The lowest BCUT2D eigenvalue weighted by molar-refractivity contribution is 0.159. The number of halogens is 2. The number of carbonyl (C=O) groups is 1. The van der Waals surface area contributed by atoms with Crippen molar-refractivity contribution in [1.82, 2.24) is 14.7 Å². The van der Waals surface area contributed by atoms with Gasteiger partial charge in [0, 0.05) is 41.3 Å². The van der Waals surface area contributed by atoms with Gasteiger partial charge in [-0.05, 0) is 36.8 Å². The number of ether oxygens (including phenoxy) is 3. The number of benzene rings is 1. The molecule has 2 N–H and O–H groups in total. The van der Waals surface area contributed by atoms with Gasteiger partial charge in [0.05, 0.1) is 35.7 Å². The summed E-state index contributed by atoms with van der Waals surface area (Å²) >= 11 is 0. The summed E-state index contributed by atoms with van der Waals surface area (Å²) in [6.45, 7) is 2.17. The first kappa shape index (κ1) is 25.2. The van der Waals surface area contributed by atoms with Gasteiger partial charge in [0.1, 0.15) is 29.0 Å². The molecule has 1 aromatic carbocycles. The van der Waals surface area contributed by atoms with Gasteiger partial charge in [-0.3, -0.25) is 0 Å². The van der Waals surface area contributed by atoms with Crippen LogP contribution in [-0.2, 0) is 14.4 Å². The van der Waals surface area contributed by atoms with Crippen LogP contribution < -0.4 is 19.5 Å². The van der Waals surface area contributed by atoms with Gasteiger partial charge in [0.25, 0.3) is 0 Å². The van der Waals surface area contributed by atoms with Crippen LogP contribution in [-0.4, -0.2) is 51.7 Å². The van der Waals surface area contributed by atoms with Crippen molar-refractivity contribution < 1.29 is 32.0 Å². The molecule has 1 unspecified atom stereocenters. The topological polar surface area (TPSA) is 112 Å². The molecule has 0 saturated carbocycles. The highest BCUT2D eigenvalue weighted by atomic mass is 32.2. The number of carbonyl (C=O) groups excluding carboxylic acids is 1. The van der Waals surface area contributed by atoms with Crippen molar-refractivity contribution in [3.8, 4) is 22.8 Å². The van der Waals surface area contributed by atoms with Gasteiger partial charge in [-0.25, -0.2) is 27.5 Å². The van der Waals surface area contributed by atoms with E-state index < -0.39 is 27.4 Å². The van der Waals surface area contributed by atoms with Crippen LogP contribution in [0.2, 0.25) is 0 Å². The highest BCUT2D eigenvalue weighted by Crippen LogP contribution is 2.34. The third kappa shape index (κ3) is 6.39. The molecule has 4 rings (SSSR count). The van der Waals surface area contributed by atoms with Crippen LogP contribution in [0.3, 0.4) is 0 Å². The number of hydrogen-bond donors (Lipinski definition) is 2. The normalized spacial score (nSPS) is 14.4. The largest absolute Gasteiger partial charge is 0.493 e. The maximum Gasteiger partial charge on any atom is 0.418 e. The van der Waals surface area contributed by atoms with Gasteiger partial charge in [0.2, 0.25) is 5.88 Å². The van der Waals surface area contributed by atoms with Crippen molar-refractivity contribution in [2.75, 3.05) is 31.4 Å². The molecule has 36 heavy (non-hydrogen) atoms. The SMILES string of the molecule is CCOC(=O)NS(C)(=O)=Cc1cc2nc(c1)OCCCOc1cc(F)ccc1-c1cc(ncc1F)N2. The smallest absolute Gasteiger partial charge is 0.418 e. The van der Waals surface area contributed by atoms with E-state index in [-0.39, 0.29) is 48.6 Å². The van der Waals surface area contributed by atoms with Crippen molar-refractivity contribution in [3.63, 3.8) is 0 Å². The number of amides is 1. The Kier molecular flexibility index (Phi) is 7.53. The summed E-state index contributed by atoms with van der Waals surface area (Å²) in [5.41, 5.74) is 0.969. The summed E-state index contributed by atoms with van der Waals surface area (Å²) in [7, 11) is -2.96. The van der Waals surface area contributed by atoms with Gasteiger partial charge in [0.15, 0.2) is 0 Å². The molecule has 3 heterocycles. The van der Waals surface area contributed by atoms with E-state index in [4.69, 9.17) is 14.2 Å². The van der Waals surface area contributed by atoms with Gasteiger partial charge in [-0.1, -0.05) is 0 Å². The summed E-state index contributed by atoms with van der Waals surface area (Å²) in [4.78, 5) is 20.2. The molecule has 3 aromatic rings. The van der Waals surface area contributed by atoms with E-state index in [1.54, 1.807) is 19.1 Å². The summed E-state index contributed by atoms with van der Waals surface area (Å²) in [6, 6.07) is 8.45. The fraction of sp³-hybridized carbons (Fsp3) is 0.250. The van der Waals surface area contributed by atoms with Crippen LogP contribution in [0.4, 0.5) is 25.2 Å². The molecule has 1 atom stereocenters. The van der Waals surface area contributed by atoms with E-state index in [9.17, 15) is 17.8 Å².